The van der Waals surface area contributed by atoms with E-state index in [9.17, 15) is 0 Å². The van der Waals surface area contributed by atoms with Crippen LogP contribution in [-0.4, -0.2) is 52.5 Å². The molecule has 0 radical (unpaired) electrons. The number of hydrogen-bond donors (Lipinski definition) is 2. The van der Waals surface area contributed by atoms with Gasteiger partial charge in [0.2, 0.25) is 0 Å². The van der Waals surface area contributed by atoms with Crippen molar-refractivity contribution < 1.29 is 9.47 Å². The molecule has 136 valence electrons. The molecule has 0 atom stereocenters. The lowest BCUT2D eigenvalue weighted by atomic mass is 10.1. The maximum absolute atomic E-state index is 5.89. The molecule has 1 aromatic rings. The highest BCUT2D eigenvalue weighted by atomic mass is 35.5. The van der Waals surface area contributed by atoms with Crippen molar-refractivity contribution in [1.29, 1.82) is 0 Å². The Hall–Kier alpha value is -1.30. The van der Waals surface area contributed by atoms with Crippen LogP contribution in [0.15, 0.2) is 29.3 Å². The fraction of sp³-hybridized carbons (Fsp3) is 0.611. The van der Waals surface area contributed by atoms with Gasteiger partial charge in [-0.25, -0.2) is 0 Å². The third-order valence-electron chi connectivity index (χ3n) is 3.34. The zero-order valence-electron chi connectivity index (χ0n) is 14.8. The van der Waals surface area contributed by atoms with Crippen LogP contribution in [0.25, 0.3) is 0 Å². The molecule has 0 unspecified atom stereocenters. The molecule has 0 fully saturated rings. The first kappa shape index (κ1) is 20.7. The number of halogens is 1. The van der Waals surface area contributed by atoms with Crippen LogP contribution in [0, 0.1) is 0 Å². The summed E-state index contributed by atoms with van der Waals surface area (Å²) in [7, 11) is 1.68. The molecule has 0 bridgehead atoms. The first-order valence-corrected chi connectivity index (χ1v) is 8.97. The van der Waals surface area contributed by atoms with Crippen LogP contribution in [0.1, 0.15) is 25.3 Å². The molecule has 6 heteroatoms. The fourth-order valence-electron chi connectivity index (χ4n) is 2.09. The van der Waals surface area contributed by atoms with E-state index in [4.69, 9.17) is 21.1 Å². The van der Waals surface area contributed by atoms with Gasteiger partial charge in [0.15, 0.2) is 5.96 Å². The summed E-state index contributed by atoms with van der Waals surface area (Å²) in [6.07, 6.45) is 2.96. The second-order valence-corrected chi connectivity index (χ2v) is 5.81. The average Bonchev–Trinajstić information content (AvgIpc) is 2.59. The molecule has 0 aliphatic rings. The highest BCUT2D eigenvalue weighted by molar-refractivity contribution is 6.30. The van der Waals surface area contributed by atoms with E-state index >= 15 is 0 Å². The number of aryl methyl sites for hydroxylation is 1. The number of benzene rings is 1. The average molecular weight is 356 g/mol. The van der Waals surface area contributed by atoms with E-state index in [1.165, 1.54) is 5.56 Å². The second-order valence-electron chi connectivity index (χ2n) is 5.38. The van der Waals surface area contributed by atoms with Crippen molar-refractivity contribution in [2.45, 2.75) is 26.2 Å². The highest BCUT2D eigenvalue weighted by Crippen LogP contribution is 2.10. The molecule has 1 rings (SSSR count). The summed E-state index contributed by atoms with van der Waals surface area (Å²) in [5.41, 5.74) is 1.29. The Kier molecular flexibility index (Phi) is 12.2. The first-order valence-electron chi connectivity index (χ1n) is 8.59. The maximum Gasteiger partial charge on any atom is 0.191 e. The number of rotatable bonds is 12. The van der Waals surface area contributed by atoms with E-state index in [-0.39, 0.29) is 0 Å². The van der Waals surface area contributed by atoms with Gasteiger partial charge in [0.25, 0.3) is 0 Å². The lowest BCUT2D eigenvalue weighted by Crippen LogP contribution is -2.38. The minimum absolute atomic E-state index is 0.644. The first-order chi connectivity index (χ1) is 11.8. The van der Waals surface area contributed by atoms with Crippen molar-refractivity contribution in [3.8, 4) is 0 Å². The summed E-state index contributed by atoms with van der Waals surface area (Å²) >= 11 is 5.89. The molecular weight excluding hydrogens is 326 g/mol. The van der Waals surface area contributed by atoms with E-state index in [2.05, 4.69) is 34.7 Å². The molecule has 0 heterocycles. The highest BCUT2D eigenvalue weighted by Gasteiger charge is 1.98. The van der Waals surface area contributed by atoms with Gasteiger partial charge in [-0.2, -0.15) is 0 Å². The molecule has 0 saturated carbocycles. The summed E-state index contributed by atoms with van der Waals surface area (Å²) in [5.74, 6) is 0.866. The Balaban J connectivity index is 2.18. The number of guanidine groups is 1. The number of hydrogen-bond acceptors (Lipinski definition) is 3. The lowest BCUT2D eigenvalue weighted by molar-refractivity contribution is 0.0698. The van der Waals surface area contributed by atoms with Crippen molar-refractivity contribution >= 4 is 17.6 Å². The van der Waals surface area contributed by atoms with Crippen LogP contribution in [0.5, 0.6) is 0 Å². The van der Waals surface area contributed by atoms with Crippen molar-refractivity contribution in [2.24, 2.45) is 4.99 Å². The number of ether oxygens (including phenoxy) is 2. The Labute approximate surface area is 150 Å². The van der Waals surface area contributed by atoms with Crippen molar-refractivity contribution in [3.05, 3.63) is 34.9 Å². The van der Waals surface area contributed by atoms with E-state index in [0.29, 0.717) is 13.2 Å². The number of aliphatic imine (C=N–C) groups is 1. The number of nitrogens with zero attached hydrogens (tertiary/aromatic N) is 1. The van der Waals surface area contributed by atoms with E-state index < -0.39 is 0 Å². The topological polar surface area (TPSA) is 54.9 Å². The van der Waals surface area contributed by atoms with Gasteiger partial charge in [-0.3, -0.25) is 4.99 Å². The van der Waals surface area contributed by atoms with Crippen molar-refractivity contribution in [3.63, 3.8) is 0 Å². The van der Waals surface area contributed by atoms with Gasteiger partial charge in [0.1, 0.15) is 0 Å². The predicted molar refractivity (Wildman–Crippen MR) is 101 cm³/mol. The minimum atomic E-state index is 0.644. The third-order valence-corrected chi connectivity index (χ3v) is 3.59. The smallest absolute Gasteiger partial charge is 0.191 e. The second kappa shape index (κ2) is 14.1. The largest absolute Gasteiger partial charge is 0.382 e. The van der Waals surface area contributed by atoms with E-state index in [0.717, 1.165) is 56.5 Å². The van der Waals surface area contributed by atoms with E-state index in [1.807, 2.05) is 12.1 Å². The van der Waals surface area contributed by atoms with Crippen LogP contribution in [0.2, 0.25) is 5.02 Å². The molecule has 0 aromatic heterocycles. The van der Waals surface area contributed by atoms with Gasteiger partial charge in [0.05, 0.1) is 13.2 Å². The van der Waals surface area contributed by atoms with Crippen LogP contribution < -0.4 is 10.6 Å². The third kappa shape index (κ3) is 10.5. The molecule has 1 aromatic carbocycles. The van der Waals surface area contributed by atoms with Gasteiger partial charge in [0, 0.05) is 38.4 Å². The summed E-state index contributed by atoms with van der Waals surface area (Å²) in [6.45, 7) is 6.58. The van der Waals surface area contributed by atoms with Crippen molar-refractivity contribution in [2.75, 3.05) is 46.6 Å². The number of nitrogens with one attached hydrogen (secondary N) is 2. The van der Waals surface area contributed by atoms with Crippen LogP contribution >= 0.6 is 11.6 Å². The van der Waals surface area contributed by atoms with Crippen molar-refractivity contribution in [1.82, 2.24) is 10.6 Å². The molecular formula is C18H30ClN3O2. The van der Waals surface area contributed by atoms with Gasteiger partial charge >= 0.3 is 0 Å². The summed E-state index contributed by atoms with van der Waals surface area (Å²) in [5, 5.41) is 7.37. The Morgan fingerprint density at radius 3 is 2.58 bits per heavy atom. The van der Waals surface area contributed by atoms with Crippen LogP contribution in [-0.2, 0) is 15.9 Å². The van der Waals surface area contributed by atoms with Crippen LogP contribution in [0.3, 0.4) is 0 Å². The van der Waals surface area contributed by atoms with Gasteiger partial charge < -0.3 is 20.1 Å². The SMILES string of the molecule is CCNC(=NCCCc1ccc(Cl)cc1)NCCCOCCOC. The van der Waals surface area contributed by atoms with Gasteiger partial charge in [-0.15, -0.1) is 0 Å². The van der Waals surface area contributed by atoms with Gasteiger partial charge in [-0.1, -0.05) is 23.7 Å². The fourth-order valence-corrected chi connectivity index (χ4v) is 2.22. The Morgan fingerprint density at radius 2 is 1.88 bits per heavy atom. The maximum atomic E-state index is 5.89. The molecule has 0 spiro atoms. The Morgan fingerprint density at radius 1 is 1.08 bits per heavy atom. The quantitative estimate of drug-likeness (QED) is 0.344. The Bertz CT molecular complexity index is 452. The van der Waals surface area contributed by atoms with E-state index in [1.54, 1.807) is 7.11 Å². The molecule has 5 nitrogen and oxygen atoms in total. The standard InChI is InChI=1S/C18H30ClN3O2/c1-3-20-18(22-12-5-13-24-15-14-23-2)21-11-4-6-16-7-9-17(19)10-8-16/h7-10H,3-6,11-15H2,1-2H3,(H2,20,21,22). The molecule has 2 N–H and O–H groups in total. The number of methoxy groups -OCH3 is 1. The predicted octanol–water partition coefficient (Wildman–Crippen LogP) is 2.88. The summed E-state index contributed by atoms with van der Waals surface area (Å²) in [4.78, 5) is 4.60. The lowest BCUT2D eigenvalue weighted by Gasteiger charge is -2.11. The molecule has 24 heavy (non-hydrogen) atoms. The summed E-state index contributed by atoms with van der Waals surface area (Å²) < 4.78 is 10.4. The normalized spacial score (nSPS) is 11.5. The molecule has 0 aliphatic carbocycles. The van der Waals surface area contributed by atoms with Gasteiger partial charge in [-0.05, 0) is 43.9 Å². The summed E-state index contributed by atoms with van der Waals surface area (Å²) in [6, 6.07) is 8.00. The molecule has 0 aliphatic heterocycles. The molecule has 0 amide bonds. The monoisotopic (exact) mass is 355 g/mol. The minimum Gasteiger partial charge on any atom is -0.382 e. The van der Waals surface area contributed by atoms with Crippen LogP contribution in [0.4, 0.5) is 0 Å². The molecule has 0 saturated heterocycles. The zero-order chi connectivity index (χ0) is 17.5. The zero-order valence-corrected chi connectivity index (χ0v) is 15.6.